The Morgan fingerprint density at radius 2 is 1.89 bits per heavy atom. The van der Waals surface area contributed by atoms with Gasteiger partial charge in [0, 0.05) is 13.2 Å². The van der Waals surface area contributed by atoms with Gasteiger partial charge in [-0.05, 0) is 37.0 Å². The largest absolute Gasteiger partial charge is 0.364 e. The number of benzene rings is 1. The molecule has 0 saturated carbocycles. The quantitative estimate of drug-likeness (QED) is 0.424. The highest BCUT2D eigenvalue weighted by Crippen LogP contribution is 2.28. The molecule has 1 aliphatic heterocycles. The number of anilines is 1. The van der Waals surface area contributed by atoms with Gasteiger partial charge in [0.2, 0.25) is 0 Å². The van der Waals surface area contributed by atoms with Crippen LogP contribution in [0.4, 0.5) is 23.4 Å². The van der Waals surface area contributed by atoms with Crippen molar-refractivity contribution in [2.45, 2.75) is 32.0 Å². The standard InChI is InChI=1S/C17H15F4N5O/c18-10-5-9(6-11(19)13(10)20)7-22-15-14-16(25-17(21)24-15)26(8-23-14)12-3-1-2-4-27-12/h5-6,8,12H,1-4,7H2,(H,22,24,25). The molecule has 142 valence electrons. The first-order chi connectivity index (χ1) is 13.0. The predicted octanol–water partition coefficient (Wildman–Crippen LogP) is 3.69. The third-order valence-electron chi connectivity index (χ3n) is 4.36. The topological polar surface area (TPSA) is 64.9 Å². The molecule has 6 nitrogen and oxygen atoms in total. The average molecular weight is 381 g/mol. The van der Waals surface area contributed by atoms with Gasteiger partial charge >= 0.3 is 6.08 Å². The molecule has 1 aliphatic rings. The van der Waals surface area contributed by atoms with E-state index in [4.69, 9.17) is 4.74 Å². The molecule has 1 atom stereocenters. The minimum absolute atomic E-state index is 0.0669. The summed E-state index contributed by atoms with van der Waals surface area (Å²) in [6, 6.07) is 1.71. The van der Waals surface area contributed by atoms with Gasteiger partial charge in [-0.15, -0.1) is 0 Å². The predicted molar refractivity (Wildman–Crippen MR) is 87.8 cm³/mol. The number of nitrogens with one attached hydrogen (secondary N) is 1. The molecule has 27 heavy (non-hydrogen) atoms. The number of hydrogen-bond donors (Lipinski definition) is 1. The van der Waals surface area contributed by atoms with Gasteiger partial charge in [0.05, 0.1) is 6.33 Å². The number of halogens is 4. The summed E-state index contributed by atoms with van der Waals surface area (Å²) in [4.78, 5) is 11.7. The Bertz CT molecular complexity index is 964. The molecule has 4 rings (SSSR count). The molecule has 0 radical (unpaired) electrons. The zero-order valence-electron chi connectivity index (χ0n) is 14.1. The lowest BCUT2D eigenvalue weighted by molar-refractivity contribution is -0.0298. The van der Waals surface area contributed by atoms with Crippen LogP contribution in [-0.2, 0) is 11.3 Å². The second kappa shape index (κ2) is 7.10. The van der Waals surface area contributed by atoms with Crippen molar-refractivity contribution in [2.75, 3.05) is 11.9 Å². The van der Waals surface area contributed by atoms with Crippen LogP contribution in [0, 0.1) is 23.5 Å². The van der Waals surface area contributed by atoms with Crippen molar-refractivity contribution in [3.8, 4) is 0 Å². The molecule has 1 fully saturated rings. The second-order valence-corrected chi connectivity index (χ2v) is 6.21. The Labute approximate surface area is 151 Å². The van der Waals surface area contributed by atoms with E-state index in [1.807, 2.05) is 0 Å². The van der Waals surface area contributed by atoms with Gasteiger partial charge in [-0.1, -0.05) is 0 Å². The summed E-state index contributed by atoms with van der Waals surface area (Å²) in [5, 5.41) is 2.77. The zero-order chi connectivity index (χ0) is 19.0. The molecular formula is C17H15F4N5O. The van der Waals surface area contributed by atoms with E-state index in [0.29, 0.717) is 12.1 Å². The number of aromatic nitrogens is 4. The third kappa shape index (κ3) is 3.44. The highest BCUT2D eigenvalue weighted by Gasteiger charge is 2.21. The number of fused-ring (bicyclic) bond motifs is 1. The van der Waals surface area contributed by atoms with Crippen molar-refractivity contribution < 1.29 is 22.3 Å². The molecule has 0 amide bonds. The van der Waals surface area contributed by atoms with E-state index in [-0.39, 0.29) is 29.8 Å². The molecule has 0 spiro atoms. The molecule has 3 heterocycles. The number of ether oxygens (including phenoxy) is 1. The number of rotatable bonds is 4. The Balaban J connectivity index is 1.63. The van der Waals surface area contributed by atoms with Crippen LogP contribution >= 0.6 is 0 Å². The van der Waals surface area contributed by atoms with Crippen molar-refractivity contribution >= 4 is 17.0 Å². The van der Waals surface area contributed by atoms with E-state index in [9.17, 15) is 17.6 Å². The van der Waals surface area contributed by atoms with Crippen molar-refractivity contribution in [2.24, 2.45) is 0 Å². The fourth-order valence-corrected chi connectivity index (χ4v) is 3.06. The van der Waals surface area contributed by atoms with Crippen LogP contribution in [0.5, 0.6) is 0 Å². The molecule has 1 aromatic carbocycles. The van der Waals surface area contributed by atoms with Crippen molar-refractivity contribution in [1.82, 2.24) is 19.5 Å². The molecule has 3 aromatic rings. The first-order valence-corrected chi connectivity index (χ1v) is 8.42. The van der Waals surface area contributed by atoms with Crippen molar-refractivity contribution in [3.63, 3.8) is 0 Å². The molecule has 10 heteroatoms. The smallest absolute Gasteiger partial charge is 0.312 e. The van der Waals surface area contributed by atoms with E-state index < -0.39 is 23.5 Å². The first-order valence-electron chi connectivity index (χ1n) is 8.42. The molecule has 0 bridgehead atoms. The van der Waals surface area contributed by atoms with E-state index in [0.717, 1.165) is 31.4 Å². The maximum Gasteiger partial charge on any atom is 0.312 e. The number of imidazole rings is 1. The molecule has 2 aromatic heterocycles. The lowest BCUT2D eigenvalue weighted by atomic mass is 10.2. The van der Waals surface area contributed by atoms with Gasteiger partial charge in [-0.3, -0.25) is 4.57 Å². The monoisotopic (exact) mass is 381 g/mol. The van der Waals surface area contributed by atoms with Crippen molar-refractivity contribution in [1.29, 1.82) is 0 Å². The SMILES string of the molecule is Fc1nc(NCc2cc(F)c(F)c(F)c2)c2ncn(C3CCCCO3)c2n1. The Kier molecular flexibility index (Phi) is 4.65. The summed E-state index contributed by atoms with van der Waals surface area (Å²) in [5.41, 5.74) is 0.690. The van der Waals surface area contributed by atoms with Gasteiger partial charge < -0.3 is 10.1 Å². The van der Waals surface area contributed by atoms with Crippen LogP contribution in [0.2, 0.25) is 0 Å². The lowest BCUT2D eigenvalue weighted by Crippen LogP contribution is -2.18. The normalized spacial score (nSPS) is 17.4. The fourth-order valence-electron chi connectivity index (χ4n) is 3.06. The van der Waals surface area contributed by atoms with E-state index in [1.165, 1.54) is 6.33 Å². The second-order valence-electron chi connectivity index (χ2n) is 6.21. The molecule has 1 saturated heterocycles. The van der Waals surface area contributed by atoms with Gasteiger partial charge in [0.1, 0.15) is 6.23 Å². The van der Waals surface area contributed by atoms with Crippen LogP contribution in [0.15, 0.2) is 18.5 Å². The van der Waals surface area contributed by atoms with Crippen LogP contribution in [-0.4, -0.2) is 26.1 Å². The summed E-state index contributed by atoms with van der Waals surface area (Å²) in [5.74, 6) is -4.08. The fraction of sp³-hybridized carbons (Fsp3) is 0.353. The maximum absolute atomic E-state index is 13.9. The van der Waals surface area contributed by atoms with Gasteiger partial charge in [0.15, 0.2) is 34.4 Å². The highest BCUT2D eigenvalue weighted by atomic mass is 19.2. The van der Waals surface area contributed by atoms with Gasteiger partial charge in [-0.2, -0.15) is 14.4 Å². The van der Waals surface area contributed by atoms with Crippen LogP contribution < -0.4 is 5.32 Å². The molecule has 0 aliphatic carbocycles. The maximum atomic E-state index is 13.9. The van der Waals surface area contributed by atoms with Gasteiger partial charge in [0.25, 0.3) is 0 Å². The van der Waals surface area contributed by atoms with E-state index >= 15 is 0 Å². The summed E-state index contributed by atoms with van der Waals surface area (Å²) < 4.78 is 61.0. The Morgan fingerprint density at radius 1 is 1.11 bits per heavy atom. The van der Waals surface area contributed by atoms with Crippen molar-refractivity contribution in [3.05, 3.63) is 47.6 Å². The average Bonchev–Trinajstić information content (AvgIpc) is 3.08. The van der Waals surface area contributed by atoms with Gasteiger partial charge in [-0.25, -0.2) is 18.2 Å². The minimum atomic E-state index is -1.54. The number of hydrogen-bond acceptors (Lipinski definition) is 5. The third-order valence-corrected chi connectivity index (χ3v) is 4.36. The van der Waals surface area contributed by atoms with E-state index in [2.05, 4.69) is 20.3 Å². The highest BCUT2D eigenvalue weighted by molar-refractivity contribution is 5.82. The minimum Gasteiger partial charge on any atom is -0.364 e. The van der Waals surface area contributed by atoms with Crippen LogP contribution in [0.1, 0.15) is 31.1 Å². The summed E-state index contributed by atoms with van der Waals surface area (Å²) in [6.45, 7) is 0.497. The van der Waals surface area contributed by atoms with Crippen LogP contribution in [0.25, 0.3) is 11.2 Å². The summed E-state index contributed by atoms with van der Waals surface area (Å²) >= 11 is 0. The summed E-state index contributed by atoms with van der Waals surface area (Å²) in [7, 11) is 0. The molecule has 1 N–H and O–H groups in total. The first kappa shape index (κ1) is 17.7. The van der Waals surface area contributed by atoms with E-state index in [1.54, 1.807) is 4.57 Å². The number of nitrogens with zero attached hydrogens (tertiary/aromatic N) is 4. The molecular weight excluding hydrogens is 366 g/mol. The zero-order valence-corrected chi connectivity index (χ0v) is 14.1. The molecule has 1 unspecified atom stereocenters. The lowest BCUT2D eigenvalue weighted by Gasteiger charge is -2.23. The Morgan fingerprint density at radius 3 is 2.59 bits per heavy atom. The Hall–Kier alpha value is -2.75. The summed E-state index contributed by atoms with van der Waals surface area (Å²) in [6.07, 6.45) is 2.94. The van der Waals surface area contributed by atoms with Crippen LogP contribution in [0.3, 0.4) is 0 Å².